The molecule has 16 heteroatoms. The first kappa shape index (κ1) is 22.5. The maximum absolute atomic E-state index is 14.0. The van der Waals surface area contributed by atoms with Crippen molar-refractivity contribution < 1.29 is 63.8 Å². The molecule has 0 spiro atoms. The average Bonchev–Trinajstić information content (AvgIpc) is 2.52. The summed E-state index contributed by atoms with van der Waals surface area (Å²) in [5.74, 6) is -22.6. The van der Waals surface area contributed by atoms with Crippen LogP contribution in [-0.2, 0) is 9.13 Å². The zero-order valence-electron chi connectivity index (χ0n) is 12.5. The molecule has 0 fully saturated rings. The minimum Gasteiger partial charge on any atom is -0.321 e. The van der Waals surface area contributed by atoms with E-state index in [1.54, 1.807) is 0 Å². The Morgan fingerprint density at radius 3 is 0.750 bits per heavy atom. The smallest absolute Gasteiger partial charge is 0.321 e. The minimum absolute atomic E-state index is 2.45. The van der Waals surface area contributed by atoms with Crippen LogP contribution < -0.4 is 10.6 Å². The van der Waals surface area contributed by atoms with Crippen molar-refractivity contribution in [2.75, 3.05) is 0 Å². The zero-order chi connectivity index (χ0) is 21.9. The molecule has 0 unspecified atom stereocenters. The SMILES string of the molecule is O=P(O)(O)c1c(F)c(F)c(-c2c(F)c(F)c(P(=O)(O)O)c(F)c2F)c(F)c1F. The van der Waals surface area contributed by atoms with Gasteiger partial charge in [0.1, 0.15) is 10.6 Å². The van der Waals surface area contributed by atoms with Crippen molar-refractivity contribution in [2.45, 2.75) is 0 Å². The van der Waals surface area contributed by atoms with Gasteiger partial charge in [0.15, 0.2) is 46.5 Å². The second-order valence-electron chi connectivity index (χ2n) is 5.05. The Bertz CT molecular complexity index is 963. The Balaban J connectivity index is 3.08. The zero-order valence-corrected chi connectivity index (χ0v) is 14.3. The largest absolute Gasteiger partial charge is 0.362 e. The van der Waals surface area contributed by atoms with Crippen molar-refractivity contribution in [3.05, 3.63) is 46.5 Å². The van der Waals surface area contributed by atoms with E-state index >= 15 is 0 Å². The Kier molecular flexibility index (Phi) is 5.54. The van der Waals surface area contributed by atoms with Crippen LogP contribution in [0.4, 0.5) is 35.1 Å². The molecule has 0 saturated heterocycles. The van der Waals surface area contributed by atoms with E-state index < -0.39 is 83.5 Å². The average molecular weight is 458 g/mol. The van der Waals surface area contributed by atoms with E-state index in [0.29, 0.717) is 0 Å². The van der Waals surface area contributed by atoms with Gasteiger partial charge in [-0.25, -0.2) is 35.1 Å². The Morgan fingerprint density at radius 1 is 0.429 bits per heavy atom. The van der Waals surface area contributed by atoms with Gasteiger partial charge in [-0.1, -0.05) is 0 Å². The first-order valence-corrected chi connectivity index (χ1v) is 9.60. The molecule has 0 saturated carbocycles. The quantitative estimate of drug-likeness (QED) is 0.318. The molecule has 2 rings (SSSR count). The third kappa shape index (κ3) is 3.36. The summed E-state index contributed by atoms with van der Waals surface area (Å²) in [6.07, 6.45) is 0. The number of rotatable bonds is 3. The summed E-state index contributed by atoms with van der Waals surface area (Å²) in [6.45, 7) is 0. The summed E-state index contributed by atoms with van der Waals surface area (Å²) in [7, 11) is -12.0. The molecule has 0 bridgehead atoms. The third-order valence-electron chi connectivity index (χ3n) is 3.31. The van der Waals surface area contributed by atoms with Crippen molar-refractivity contribution in [1.29, 1.82) is 0 Å². The van der Waals surface area contributed by atoms with E-state index in [9.17, 15) is 44.3 Å². The fraction of sp³-hybridized carbons (Fsp3) is 0. The summed E-state index contributed by atoms with van der Waals surface area (Å²) in [5.41, 5.74) is -4.89. The summed E-state index contributed by atoms with van der Waals surface area (Å²) >= 11 is 0. The summed E-state index contributed by atoms with van der Waals surface area (Å²) in [5, 5.41) is -4.92. The second kappa shape index (κ2) is 6.90. The van der Waals surface area contributed by atoms with Gasteiger partial charge in [-0.3, -0.25) is 9.13 Å². The van der Waals surface area contributed by atoms with Crippen LogP contribution in [0.15, 0.2) is 0 Å². The molecule has 154 valence electrons. The Labute approximate surface area is 148 Å². The highest BCUT2D eigenvalue weighted by atomic mass is 31.2. The van der Waals surface area contributed by atoms with Crippen molar-refractivity contribution in [3.8, 4) is 11.1 Å². The van der Waals surface area contributed by atoms with E-state index in [1.807, 2.05) is 0 Å². The summed E-state index contributed by atoms with van der Waals surface area (Å²) in [6, 6.07) is 0. The van der Waals surface area contributed by atoms with Crippen LogP contribution in [-0.4, -0.2) is 19.6 Å². The van der Waals surface area contributed by atoms with Crippen LogP contribution in [0, 0.1) is 46.5 Å². The van der Waals surface area contributed by atoms with Crippen molar-refractivity contribution >= 4 is 25.8 Å². The lowest BCUT2D eigenvalue weighted by Gasteiger charge is -2.16. The topological polar surface area (TPSA) is 115 Å². The van der Waals surface area contributed by atoms with Crippen molar-refractivity contribution in [2.24, 2.45) is 0 Å². The molecular weight excluding hydrogens is 454 g/mol. The number of halogens is 8. The highest BCUT2D eigenvalue weighted by Gasteiger charge is 2.40. The molecule has 0 amide bonds. The molecule has 4 N–H and O–H groups in total. The highest BCUT2D eigenvalue weighted by molar-refractivity contribution is 7.60. The summed E-state index contributed by atoms with van der Waals surface area (Å²) in [4.78, 5) is 34.9. The predicted molar refractivity (Wildman–Crippen MR) is 74.9 cm³/mol. The lowest BCUT2D eigenvalue weighted by molar-refractivity contribution is 0.375. The van der Waals surface area contributed by atoms with E-state index in [2.05, 4.69) is 0 Å². The van der Waals surface area contributed by atoms with Crippen LogP contribution in [0.5, 0.6) is 0 Å². The van der Waals surface area contributed by atoms with Gasteiger partial charge < -0.3 is 19.6 Å². The van der Waals surface area contributed by atoms with Gasteiger partial charge in [0.05, 0.1) is 11.1 Å². The maximum Gasteiger partial charge on any atom is 0.362 e. The fourth-order valence-corrected chi connectivity index (χ4v) is 3.61. The fourth-order valence-electron chi connectivity index (χ4n) is 2.19. The molecule has 0 aliphatic carbocycles. The van der Waals surface area contributed by atoms with Gasteiger partial charge in [0.2, 0.25) is 0 Å². The molecule has 2 aromatic carbocycles. The Hall–Kier alpha value is -1.82. The first-order valence-electron chi connectivity index (χ1n) is 6.37. The number of benzene rings is 2. The monoisotopic (exact) mass is 458 g/mol. The standard InChI is InChI=1S/C12H4F8O6P2/c13-3-1(4(14)8(18)11(7(3)17)27(21,22)23)2-5(15)9(19)12(28(24,25)26)10(20)6(2)16/h(H2,21,22,23)(H2,24,25,26). The minimum atomic E-state index is -6.00. The van der Waals surface area contributed by atoms with E-state index in [0.717, 1.165) is 0 Å². The predicted octanol–water partition coefficient (Wildman–Crippen LogP) is 2.07. The van der Waals surface area contributed by atoms with E-state index in [-0.39, 0.29) is 0 Å². The molecule has 2 aromatic rings. The number of hydrogen-bond donors (Lipinski definition) is 4. The molecule has 0 aliphatic heterocycles. The molecule has 28 heavy (non-hydrogen) atoms. The van der Waals surface area contributed by atoms with E-state index in [4.69, 9.17) is 19.6 Å². The maximum atomic E-state index is 14.0. The Morgan fingerprint density at radius 2 is 0.607 bits per heavy atom. The molecule has 0 aliphatic rings. The van der Waals surface area contributed by atoms with Gasteiger partial charge in [-0.2, -0.15) is 0 Å². The number of hydrogen-bond acceptors (Lipinski definition) is 2. The van der Waals surface area contributed by atoms with Gasteiger partial charge in [-0.05, 0) is 0 Å². The van der Waals surface area contributed by atoms with Crippen LogP contribution in [0.25, 0.3) is 11.1 Å². The van der Waals surface area contributed by atoms with Crippen LogP contribution in [0.1, 0.15) is 0 Å². The van der Waals surface area contributed by atoms with Crippen LogP contribution >= 0.6 is 15.2 Å². The van der Waals surface area contributed by atoms with Crippen molar-refractivity contribution in [1.82, 2.24) is 0 Å². The first-order chi connectivity index (χ1) is 12.5. The van der Waals surface area contributed by atoms with E-state index in [1.165, 1.54) is 0 Å². The molecule has 0 heterocycles. The van der Waals surface area contributed by atoms with Gasteiger partial charge in [-0.15, -0.1) is 0 Å². The molecule has 0 radical (unpaired) electrons. The molecular formula is C12H4F8O6P2. The van der Waals surface area contributed by atoms with Gasteiger partial charge in [0.25, 0.3) is 0 Å². The van der Waals surface area contributed by atoms with Crippen LogP contribution in [0.2, 0.25) is 0 Å². The van der Waals surface area contributed by atoms with Gasteiger partial charge in [0, 0.05) is 0 Å². The van der Waals surface area contributed by atoms with Crippen LogP contribution in [0.3, 0.4) is 0 Å². The molecule has 6 nitrogen and oxygen atoms in total. The lowest BCUT2D eigenvalue weighted by Crippen LogP contribution is -2.23. The lowest BCUT2D eigenvalue weighted by atomic mass is 10.0. The molecule has 0 aromatic heterocycles. The molecule has 0 atom stereocenters. The highest BCUT2D eigenvalue weighted by Crippen LogP contribution is 2.43. The second-order valence-corrected chi connectivity index (χ2v) is 8.12. The summed E-state index contributed by atoms with van der Waals surface area (Å²) < 4.78 is 133. The normalized spacial score (nSPS) is 12.6. The van der Waals surface area contributed by atoms with Gasteiger partial charge >= 0.3 is 15.2 Å². The van der Waals surface area contributed by atoms with Crippen molar-refractivity contribution in [3.63, 3.8) is 0 Å². The third-order valence-corrected chi connectivity index (χ3v) is 5.26.